The summed E-state index contributed by atoms with van der Waals surface area (Å²) in [7, 11) is 0. The number of nitrogens with zero attached hydrogens (tertiary/aromatic N) is 3. The van der Waals surface area contributed by atoms with Gasteiger partial charge in [-0.25, -0.2) is 4.98 Å². The van der Waals surface area contributed by atoms with Crippen molar-refractivity contribution in [3.8, 4) is 50.3 Å². The monoisotopic (exact) mass is 801 g/mol. The third kappa shape index (κ3) is 5.23. The van der Waals surface area contributed by atoms with Crippen molar-refractivity contribution in [3.63, 3.8) is 0 Å². The van der Waals surface area contributed by atoms with E-state index in [2.05, 4.69) is 246 Å². The average Bonchev–Trinajstić information content (AvgIpc) is 3.85. The van der Waals surface area contributed by atoms with Crippen LogP contribution in [0.4, 0.5) is 17.2 Å². The van der Waals surface area contributed by atoms with Crippen LogP contribution < -0.4 is 4.90 Å². The fourth-order valence-electron chi connectivity index (χ4n) is 10.7. The van der Waals surface area contributed by atoms with Gasteiger partial charge < -0.3 is 4.57 Å². The summed E-state index contributed by atoms with van der Waals surface area (Å²) in [5.74, 6) is 0.883. The summed E-state index contributed by atoms with van der Waals surface area (Å²) in [6.45, 7) is 0. The van der Waals surface area contributed by atoms with Crippen LogP contribution in [0.15, 0.2) is 237 Å². The highest BCUT2D eigenvalue weighted by Crippen LogP contribution is 2.63. The molecule has 13 rings (SSSR count). The first-order valence-electron chi connectivity index (χ1n) is 21.7. The van der Waals surface area contributed by atoms with E-state index < -0.39 is 5.41 Å². The number of hydrogen-bond donors (Lipinski definition) is 0. The molecule has 1 spiro atoms. The van der Waals surface area contributed by atoms with E-state index in [1.165, 1.54) is 66.3 Å². The summed E-state index contributed by atoms with van der Waals surface area (Å²) < 4.78 is 2.39. The number of rotatable bonds is 5. The molecule has 3 nitrogen and oxygen atoms in total. The topological polar surface area (TPSA) is 21.1 Å². The van der Waals surface area contributed by atoms with Crippen molar-refractivity contribution < 1.29 is 0 Å². The van der Waals surface area contributed by atoms with Gasteiger partial charge in [-0.15, -0.1) is 0 Å². The molecule has 0 saturated heterocycles. The van der Waals surface area contributed by atoms with Gasteiger partial charge in [0.25, 0.3) is 0 Å². The summed E-state index contributed by atoms with van der Waals surface area (Å²) >= 11 is 0. The van der Waals surface area contributed by atoms with E-state index in [1.54, 1.807) is 0 Å². The molecule has 0 unspecified atom stereocenters. The Kier molecular flexibility index (Phi) is 7.82. The smallest absolute Gasteiger partial charge is 0.138 e. The SMILES string of the molecule is c1ccc(-c2cc(-c3ccccc3)nc(N3c4ccccc4C4(c5ccccc5-c5ccc(-c6ccc7c(c6)c6ccccc6n7-c6ccccc6)cc54)c4ccccc43)c2)cc1. The van der Waals surface area contributed by atoms with E-state index in [1.807, 2.05) is 0 Å². The number of hydrogen-bond acceptors (Lipinski definition) is 2. The second-order valence-corrected chi connectivity index (χ2v) is 16.7. The summed E-state index contributed by atoms with van der Waals surface area (Å²) in [6, 6.07) is 86.4. The fourth-order valence-corrected chi connectivity index (χ4v) is 10.7. The van der Waals surface area contributed by atoms with Crippen molar-refractivity contribution in [2.45, 2.75) is 5.41 Å². The summed E-state index contributed by atoms with van der Waals surface area (Å²) in [5, 5.41) is 2.49. The molecular formula is C60H39N3. The number of pyridine rings is 1. The standard InChI is InChI=1S/C60H39N3/c1-4-18-40(19-5-1)44-38-54(41-20-6-2-7-21-41)61-59(39-44)63-57-30-16-13-27-51(57)60(52-28-14-17-31-58(52)63)50-26-12-10-24-46(50)47-34-32-43(37-53(47)60)42-33-35-56-49(36-42)48-25-11-15-29-55(48)62(56)45-22-8-3-9-23-45/h1-39H. The van der Waals surface area contributed by atoms with Gasteiger partial charge in [0, 0.05) is 22.0 Å². The largest absolute Gasteiger partial charge is 0.309 e. The van der Waals surface area contributed by atoms with Crippen molar-refractivity contribution >= 4 is 39.0 Å². The fraction of sp³-hybridized carbons (Fsp3) is 0.0167. The molecule has 2 aliphatic rings. The lowest BCUT2D eigenvalue weighted by atomic mass is 9.64. The zero-order chi connectivity index (χ0) is 41.5. The highest BCUT2D eigenvalue weighted by molar-refractivity contribution is 6.10. The van der Waals surface area contributed by atoms with Crippen LogP contribution in [0.25, 0.3) is 72.1 Å². The van der Waals surface area contributed by atoms with Crippen molar-refractivity contribution in [1.29, 1.82) is 0 Å². The molecule has 11 aromatic rings. The number of aromatic nitrogens is 2. The van der Waals surface area contributed by atoms with Crippen LogP contribution in [0.5, 0.6) is 0 Å². The van der Waals surface area contributed by atoms with Crippen LogP contribution in [-0.2, 0) is 5.41 Å². The lowest BCUT2D eigenvalue weighted by Crippen LogP contribution is -2.36. The van der Waals surface area contributed by atoms with Crippen molar-refractivity contribution in [2.24, 2.45) is 0 Å². The Morgan fingerprint density at radius 2 is 0.889 bits per heavy atom. The second kappa shape index (κ2) is 13.9. The maximum Gasteiger partial charge on any atom is 0.138 e. The molecule has 0 fully saturated rings. The lowest BCUT2D eigenvalue weighted by Gasteiger charge is -2.44. The Morgan fingerprint density at radius 3 is 1.63 bits per heavy atom. The van der Waals surface area contributed by atoms with Crippen LogP contribution in [-0.4, -0.2) is 9.55 Å². The average molecular weight is 802 g/mol. The van der Waals surface area contributed by atoms with Gasteiger partial charge in [-0.05, 0) is 116 Å². The van der Waals surface area contributed by atoms with Gasteiger partial charge in [0.15, 0.2) is 0 Å². The van der Waals surface area contributed by atoms with Crippen molar-refractivity contribution in [1.82, 2.24) is 9.55 Å². The molecule has 0 radical (unpaired) electrons. The summed E-state index contributed by atoms with van der Waals surface area (Å²) in [5.41, 5.74) is 19.5. The molecule has 0 bridgehead atoms. The minimum atomic E-state index is -0.585. The predicted octanol–water partition coefficient (Wildman–Crippen LogP) is 15.3. The second-order valence-electron chi connectivity index (χ2n) is 16.7. The Balaban J connectivity index is 1.04. The molecule has 0 N–H and O–H groups in total. The minimum absolute atomic E-state index is 0.585. The van der Waals surface area contributed by atoms with Crippen LogP contribution >= 0.6 is 0 Å². The molecule has 294 valence electrons. The summed E-state index contributed by atoms with van der Waals surface area (Å²) in [4.78, 5) is 7.90. The number of para-hydroxylation sites is 4. The first-order chi connectivity index (χ1) is 31.3. The van der Waals surface area contributed by atoms with Gasteiger partial charge in [0.05, 0.1) is 33.5 Å². The first-order valence-corrected chi connectivity index (χ1v) is 21.7. The van der Waals surface area contributed by atoms with Crippen LogP contribution in [0.1, 0.15) is 22.3 Å². The van der Waals surface area contributed by atoms with Crippen LogP contribution in [0.3, 0.4) is 0 Å². The van der Waals surface area contributed by atoms with E-state index >= 15 is 0 Å². The Bertz CT molecular complexity index is 3460. The predicted molar refractivity (Wildman–Crippen MR) is 260 cm³/mol. The third-order valence-corrected chi connectivity index (χ3v) is 13.4. The first kappa shape index (κ1) is 35.5. The molecular weight excluding hydrogens is 763 g/mol. The normalized spacial score (nSPS) is 13.2. The minimum Gasteiger partial charge on any atom is -0.309 e. The van der Waals surface area contributed by atoms with Crippen LogP contribution in [0, 0.1) is 0 Å². The van der Waals surface area contributed by atoms with Gasteiger partial charge in [-0.2, -0.15) is 0 Å². The van der Waals surface area contributed by atoms with E-state index in [9.17, 15) is 0 Å². The molecule has 3 heterocycles. The molecule has 63 heavy (non-hydrogen) atoms. The highest BCUT2D eigenvalue weighted by atomic mass is 15.2. The van der Waals surface area contributed by atoms with E-state index in [0.717, 1.165) is 45.3 Å². The number of anilines is 3. The third-order valence-electron chi connectivity index (χ3n) is 13.4. The molecule has 1 aliphatic heterocycles. The maximum atomic E-state index is 5.50. The molecule has 2 aromatic heterocycles. The van der Waals surface area contributed by atoms with Crippen molar-refractivity contribution in [2.75, 3.05) is 4.90 Å². The molecule has 1 aliphatic carbocycles. The molecule has 0 saturated carbocycles. The number of benzene rings is 9. The Labute approximate surface area is 366 Å². The summed E-state index contributed by atoms with van der Waals surface area (Å²) in [6.07, 6.45) is 0. The van der Waals surface area contributed by atoms with E-state index in [0.29, 0.717) is 0 Å². The molecule has 0 amide bonds. The van der Waals surface area contributed by atoms with Crippen molar-refractivity contribution in [3.05, 3.63) is 259 Å². The van der Waals surface area contributed by atoms with E-state index in [4.69, 9.17) is 4.98 Å². The van der Waals surface area contributed by atoms with Gasteiger partial charge in [-0.1, -0.05) is 176 Å². The molecule has 0 atom stereocenters. The zero-order valence-corrected chi connectivity index (χ0v) is 34.4. The molecule has 9 aromatic carbocycles. The zero-order valence-electron chi connectivity index (χ0n) is 34.4. The number of fused-ring (bicyclic) bond motifs is 12. The Hall–Kier alpha value is -8.27. The van der Waals surface area contributed by atoms with Gasteiger partial charge in [-0.3, -0.25) is 4.90 Å². The molecule has 3 heteroatoms. The van der Waals surface area contributed by atoms with Crippen LogP contribution in [0.2, 0.25) is 0 Å². The lowest BCUT2D eigenvalue weighted by molar-refractivity contribution is 0.751. The maximum absolute atomic E-state index is 5.50. The quantitative estimate of drug-likeness (QED) is 0.173. The van der Waals surface area contributed by atoms with Gasteiger partial charge >= 0.3 is 0 Å². The van der Waals surface area contributed by atoms with Gasteiger partial charge in [0.1, 0.15) is 5.82 Å². The Morgan fingerprint density at radius 1 is 0.333 bits per heavy atom. The van der Waals surface area contributed by atoms with Gasteiger partial charge in [0.2, 0.25) is 0 Å². The highest BCUT2D eigenvalue weighted by Gasteiger charge is 2.52. The van der Waals surface area contributed by atoms with E-state index in [-0.39, 0.29) is 0 Å².